The molecule has 1 aliphatic heterocycles. The Morgan fingerprint density at radius 1 is 1.53 bits per heavy atom. The zero-order chi connectivity index (χ0) is 12.3. The molecule has 1 saturated heterocycles. The average molecular weight is 239 g/mol. The highest BCUT2D eigenvalue weighted by Crippen LogP contribution is 2.26. The molecule has 1 fully saturated rings. The summed E-state index contributed by atoms with van der Waals surface area (Å²) in [5.41, 5.74) is 6.98. The van der Waals surface area contributed by atoms with Gasteiger partial charge in [-0.3, -0.25) is 9.88 Å². The highest BCUT2D eigenvalue weighted by atomic mass is 19.1. The predicted octanol–water partition coefficient (Wildman–Crippen LogP) is 0.594. The van der Waals surface area contributed by atoms with Crippen LogP contribution in [-0.4, -0.2) is 49.3 Å². The molecule has 0 aromatic carbocycles. The molecule has 0 spiro atoms. The number of ether oxygens (including phenoxy) is 1. The molecule has 2 heterocycles. The van der Waals surface area contributed by atoms with Crippen molar-refractivity contribution in [2.45, 2.75) is 12.0 Å². The fraction of sp³-hybridized carbons (Fsp3) is 0.583. The van der Waals surface area contributed by atoms with Gasteiger partial charge in [0.1, 0.15) is 5.82 Å². The number of halogens is 1. The van der Waals surface area contributed by atoms with Crippen LogP contribution in [0.15, 0.2) is 18.5 Å². The second kappa shape index (κ2) is 5.53. The van der Waals surface area contributed by atoms with Gasteiger partial charge in [0.25, 0.3) is 0 Å². The van der Waals surface area contributed by atoms with Crippen LogP contribution < -0.4 is 5.73 Å². The standard InChI is InChI=1S/C12H18FN3O/c1-17-3-2-16-7-11(12(14)8-16)9-4-10(13)6-15-5-9/h4-6,11-12H,2-3,7-8,14H2,1H3/t11-,12+/m0/s1. The topological polar surface area (TPSA) is 51.4 Å². The lowest BCUT2D eigenvalue weighted by Gasteiger charge is -2.15. The lowest BCUT2D eigenvalue weighted by Crippen LogP contribution is -2.30. The van der Waals surface area contributed by atoms with Crippen molar-refractivity contribution in [1.29, 1.82) is 0 Å². The fourth-order valence-electron chi connectivity index (χ4n) is 2.30. The summed E-state index contributed by atoms with van der Waals surface area (Å²) in [7, 11) is 1.68. The molecule has 1 aliphatic rings. The number of nitrogens with two attached hydrogens (primary N) is 1. The SMILES string of the molecule is COCCN1C[C@@H](N)[C@H](c2cncc(F)c2)C1. The van der Waals surface area contributed by atoms with Crippen molar-refractivity contribution < 1.29 is 9.13 Å². The van der Waals surface area contributed by atoms with E-state index in [0.29, 0.717) is 6.61 Å². The van der Waals surface area contributed by atoms with Crippen LogP contribution in [-0.2, 0) is 4.74 Å². The first-order valence-corrected chi connectivity index (χ1v) is 5.78. The van der Waals surface area contributed by atoms with E-state index in [2.05, 4.69) is 9.88 Å². The van der Waals surface area contributed by atoms with Crippen LogP contribution in [0.2, 0.25) is 0 Å². The first-order valence-electron chi connectivity index (χ1n) is 5.78. The minimum Gasteiger partial charge on any atom is -0.383 e. The van der Waals surface area contributed by atoms with Gasteiger partial charge in [0.2, 0.25) is 0 Å². The van der Waals surface area contributed by atoms with Gasteiger partial charge >= 0.3 is 0 Å². The second-order valence-electron chi connectivity index (χ2n) is 4.46. The maximum Gasteiger partial charge on any atom is 0.141 e. The molecule has 0 amide bonds. The van der Waals surface area contributed by atoms with Crippen LogP contribution in [0.1, 0.15) is 11.5 Å². The molecule has 5 heteroatoms. The number of likely N-dealkylation sites (tertiary alicyclic amines) is 1. The third kappa shape index (κ3) is 3.00. The van der Waals surface area contributed by atoms with Crippen LogP contribution in [0.4, 0.5) is 4.39 Å². The third-order valence-corrected chi connectivity index (χ3v) is 3.21. The largest absolute Gasteiger partial charge is 0.383 e. The van der Waals surface area contributed by atoms with E-state index in [4.69, 9.17) is 10.5 Å². The van der Waals surface area contributed by atoms with E-state index >= 15 is 0 Å². The van der Waals surface area contributed by atoms with Crippen molar-refractivity contribution in [1.82, 2.24) is 9.88 Å². The van der Waals surface area contributed by atoms with Crippen molar-refractivity contribution in [3.05, 3.63) is 29.8 Å². The Kier molecular flexibility index (Phi) is 4.04. The predicted molar refractivity (Wildman–Crippen MR) is 63.2 cm³/mol. The molecular weight excluding hydrogens is 221 g/mol. The third-order valence-electron chi connectivity index (χ3n) is 3.21. The summed E-state index contributed by atoms with van der Waals surface area (Å²) in [6.45, 7) is 3.23. The van der Waals surface area contributed by atoms with Crippen molar-refractivity contribution in [2.24, 2.45) is 5.73 Å². The number of nitrogens with zero attached hydrogens (tertiary/aromatic N) is 2. The lowest BCUT2D eigenvalue weighted by atomic mass is 9.96. The van der Waals surface area contributed by atoms with Gasteiger partial charge in [0, 0.05) is 44.9 Å². The van der Waals surface area contributed by atoms with Gasteiger partial charge in [-0.15, -0.1) is 0 Å². The van der Waals surface area contributed by atoms with E-state index in [1.54, 1.807) is 13.3 Å². The highest BCUT2D eigenvalue weighted by Gasteiger charge is 2.31. The Labute approximate surface area is 101 Å². The fourth-order valence-corrected chi connectivity index (χ4v) is 2.30. The average Bonchev–Trinajstić information content (AvgIpc) is 2.68. The van der Waals surface area contributed by atoms with Crippen LogP contribution in [0.3, 0.4) is 0 Å². The summed E-state index contributed by atoms with van der Waals surface area (Å²) >= 11 is 0. The molecule has 0 aliphatic carbocycles. The van der Waals surface area contributed by atoms with Gasteiger partial charge in [0.05, 0.1) is 12.8 Å². The molecule has 0 unspecified atom stereocenters. The Morgan fingerprint density at radius 2 is 2.35 bits per heavy atom. The first kappa shape index (κ1) is 12.4. The van der Waals surface area contributed by atoms with Crippen molar-refractivity contribution in [3.8, 4) is 0 Å². The second-order valence-corrected chi connectivity index (χ2v) is 4.46. The number of hydrogen-bond donors (Lipinski definition) is 1. The first-order chi connectivity index (χ1) is 8.20. The van der Waals surface area contributed by atoms with Gasteiger partial charge in [-0.1, -0.05) is 0 Å². The van der Waals surface area contributed by atoms with Gasteiger partial charge < -0.3 is 10.5 Å². The maximum absolute atomic E-state index is 13.1. The van der Waals surface area contributed by atoms with Crippen LogP contribution in [0.25, 0.3) is 0 Å². The Bertz CT molecular complexity index is 375. The summed E-state index contributed by atoms with van der Waals surface area (Å²) in [5, 5.41) is 0. The zero-order valence-corrected chi connectivity index (χ0v) is 9.97. The minimum absolute atomic E-state index is 0.0375. The summed E-state index contributed by atoms with van der Waals surface area (Å²) in [4.78, 5) is 6.12. The molecular formula is C12H18FN3O. The van der Waals surface area contributed by atoms with Gasteiger partial charge in [-0.2, -0.15) is 0 Å². The zero-order valence-electron chi connectivity index (χ0n) is 9.97. The summed E-state index contributed by atoms with van der Waals surface area (Å²) in [6, 6.07) is 1.56. The smallest absolute Gasteiger partial charge is 0.141 e. The molecule has 2 N–H and O–H groups in total. The number of pyridine rings is 1. The normalized spacial score (nSPS) is 25.4. The molecule has 0 radical (unpaired) electrons. The highest BCUT2D eigenvalue weighted by molar-refractivity contribution is 5.20. The van der Waals surface area contributed by atoms with Crippen LogP contribution >= 0.6 is 0 Å². The number of hydrogen-bond acceptors (Lipinski definition) is 4. The molecule has 0 saturated carbocycles. The number of methoxy groups -OCH3 is 1. The Morgan fingerprint density at radius 3 is 3.06 bits per heavy atom. The number of aromatic nitrogens is 1. The van der Waals surface area contributed by atoms with Crippen molar-refractivity contribution in [2.75, 3.05) is 33.4 Å². The molecule has 94 valence electrons. The van der Waals surface area contributed by atoms with Gasteiger partial charge in [-0.25, -0.2) is 4.39 Å². The molecule has 1 aromatic heterocycles. The molecule has 1 aromatic rings. The monoisotopic (exact) mass is 239 g/mol. The van der Waals surface area contributed by atoms with E-state index in [9.17, 15) is 4.39 Å². The molecule has 4 nitrogen and oxygen atoms in total. The van der Waals surface area contributed by atoms with Gasteiger partial charge in [-0.05, 0) is 11.6 Å². The Balaban J connectivity index is 2.02. The van der Waals surface area contributed by atoms with E-state index in [-0.39, 0.29) is 17.8 Å². The summed E-state index contributed by atoms with van der Waals surface area (Å²) in [6.07, 6.45) is 2.92. The van der Waals surface area contributed by atoms with Crippen molar-refractivity contribution in [3.63, 3.8) is 0 Å². The van der Waals surface area contributed by atoms with E-state index in [1.807, 2.05) is 0 Å². The lowest BCUT2D eigenvalue weighted by molar-refractivity contribution is 0.160. The maximum atomic E-state index is 13.1. The van der Waals surface area contributed by atoms with Crippen LogP contribution in [0.5, 0.6) is 0 Å². The molecule has 0 bridgehead atoms. The van der Waals surface area contributed by atoms with E-state index in [1.165, 1.54) is 12.3 Å². The molecule has 2 rings (SSSR count). The number of rotatable bonds is 4. The quantitative estimate of drug-likeness (QED) is 0.835. The molecule has 17 heavy (non-hydrogen) atoms. The summed E-state index contributed by atoms with van der Waals surface area (Å²) in [5.74, 6) is -0.139. The Hall–Kier alpha value is -1.04. The minimum atomic E-state index is -0.301. The molecule has 2 atom stereocenters. The van der Waals surface area contributed by atoms with Crippen molar-refractivity contribution >= 4 is 0 Å². The van der Waals surface area contributed by atoms with Crippen LogP contribution in [0, 0.1) is 5.82 Å². The van der Waals surface area contributed by atoms with E-state index < -0.39 is 0 Å². The van der Waals surface area contributed by atoms with E-state index in [0.717, 1.165) is 25.2 Å². The van der Waals surface area contributed by atoms with Gasteiger partial charge in [0.15, 0.2) is 0 Å². The summed E-state index contributed by atoms with van der Waals surface area (Å²) < 4.78 is 18.2.